The molecular formula is C14H21NO4S. The molecule has 0 bridgehead atoms. The summed E-state index contributed by atoms with van der Waals surface area (Å²) in [4.78, 5) is 0.316. The number of rotatable bonds is 3. The normalized spacial score (nSPS) is 24.1. The van der Waals surface area contributed by atoms with E-state index in [0.717, 1.165) is 0 Å². The van der Waals surface area contributed by atoms with Crippen LogP contribution in [-0.2, 0) is 10.0 Å². The van der Waals surface area contributed by atoms with Gasteiger partial charge in [0.1, 0.15) is 5.75 Å². The second-order valence-electron chi connectivity index (χ2n) is 5.68. The van der Waals surface area contributed by atoms with Crippen molar-refractivity contribution in [1.29, 1.82) is 0 Å². The summed E-state index contributed by atoms with van der Waals surface area (Å²) < 4.78 is 32.0. The van der Waals surface area contributed by atoms with Gasteiger partial charge in [0.2, 0.25) is 10.0 Å². The Hall–Kier alpha value is -1.11. The smallest absolute Gasteiger partial charge is 0.243 e. The van der Waals surface area contributed by atoms with Crippen LogP contribution in [0.1, 0.15) is 24.5 Å². The fraction of sp³-hybridized carbons (Fsp3) is 0.571. The minimum absolute atomic E-state index is 0.139. The summed E-state index contributed by atoms with van der Waals surface area (Å²) in [5, 5.41) is 9.97. The zero-order chi connectivity index (χ0) is 15.1. The molecule has 1 atom stereocenters. The minimum Gasteiger partial charge on any atom is -0.497 e. The number of nitrogens with zero attached hydrogens (tertiary/aromatic N) is 1. The van der Waals surface area contributed by atoms with E-state index in [1.54, 1.807) is 40.0 Å². The first-order valence-corrected chi connectivity index (χ1v) is 7.99. The van der Waals surface area contributed by atoms with Crippen LogP contribution >= 0.6 is 0 Å². The molecule has 1 aromatic carbocycles. The van der Waals surface area contributed by atoms with Crippen molar-refractivity contribution in [2.45, 2.75) is 37.7 Å². The molecule has 0 radical (unpaired) electrons. The molecule has 1 unspecified atom stereocenters. The largest absolute Gasteiger partial charge is 0.497 e. The van der Waals surface area contributed by atoms with Gasteiger partial charge in [-0.1, -0.05) is 0 Å². The summed E-state index contributed by atoms with van der Waals surface area (Å²) in [6, 6.07) is 3.43. The lowest BCUT2D eigenvalue weighted by Crippen LogP contribution is -2.34. The number of aliphatic hydroxyl groups is 1. The van der Waals surface area contributed by atoms with Gasteiger partial charge in [-0.2, -0.15) is 4.31 Å². The Bertz CT molecular complexity index is 599. The first kappa shape index (κ1) is 15.3. The van der Waals surface area contributed by atoms with Crippen LogP contribution in [-0.4, -0.2) is 43.6 Å². The highest BCUT2D eigenvalue weighted by atomic mass is 32.2. The molecule has 0 amide bonds. The number of sulfonamides is 1. The molecule has 0 aliphatic carbocycles. The van der Waals surface area contributed by atoms with Gasteiger partial charge in [0, 0.05) is 13.1 Å². The predicted octanol–water partition coefficient (Wildman–Crippen LogP) is 1.46. The third kappa shape index (κ3) is 2.68. The van der Waals surface area contributed by atoms with Crippen LogP contribution in [0, 0.1) is 13.8 Å². The van der Waals surface area contributed by atoms with Crippen LogP contribution in [0.3, 0.4) is 0 Å². The van der Waals surface area contributed by atoms with Crippen molar-refractivity contribution in [3.05, 3.63) is 23.3 Å². The monoisotopic (exact) mass is 299 g/mol. The molecule has 5 nitrogen and oxygen atoms in total. The SMILES string of the molecule is COc1cc(C)c(S(=O)(=O)N2CCC(C)(O)C2)c(C)c1. The summed E-state index contributed by atoms with van der Waals surface area (Å²) in [5.74, 6) is 0.646. The van der Waals surface area contributed by atoms with E-state index in [-0.39, 0.29) is 6.54 Å². The van der Waals surface area contributed by atoms with Gasteiger partial charge in [0.15, 0.2) is 0 Å². The fourth-order valence-corrected chi connectivity index (χ4v) is 4.64. The van der Waals surface area contributed by atoms with Gasteiger partial charge < -0.3 is 9.84 Å². The van der Waals surface area contributed by atoms with Crippen molar-refractivity contribution < 1.29 is 18.3 Å². The lowest BCUT2D eigenvalue weighted by Gasteiger charge is -2.21. The molecule has 1 aliphatic rings. The Morgan fingerprint density at radius 3 is 2.25 bits per heavy atom. The van der Waals surface area contributed by atoms with Gasteiger partial charge in [-0.25, -0.2) is 8.42 Å². The third-order valence-corrected chi connectivity index (χ3v) is 5.84. The van der Waals surface area contributed by atoms with Gasteiger partial charge in [0.25, 0.3) is 0 Å². The molecule has 0 spiro atoms. The van der Waals surface area contributed by atoms with Crippen LogP contribution in [0.5, 0.6) is 5.75 Å². The predicted molar refractivity (Wildman–Crippen MR) is 76.5 cm³/mol. The van der Waals surface area contributed by atoms with Crippen LogP contribution in [0.15, 0.2) is 17.0 Å². The number of benzene rings is 1. The highest BCUT2D eigenvalue weighted by Gasteiger charge is 2.39. The van der Waals surface area contributed by atoms with Gasteiger partial charge >= 0.3 is 0 Å². The van der Waals surface area contributed by atoms with E-state index in [4.69, 9.17) is 4.74 Å². The molecule has 1 saturated heterocycles. The second-order valence-corrected chi connectivity index (χ2v) is 7.55. The molecule has 2 rings (SSSR count). The number of aryl methyl sites for hydroxylation is 2. The van der Waals surface area contributed by atoms with Gasteiger partial charge in [-0.15, -0.1) is 0 Å². The zero-order valence-corrected chi connectivity index (χ0v) is 13.1. The van der Waals surface area contributed by atoms with Crippen LogP contribution < -0.4 is 4.74 Å². The topological polar surface area (TPSA) is 66.8 Å². The molecule has 6 heteroatoms. The van der Waals surface area contributed by atoms with E-state index in [2.05, 4.69) is 0 Å². The standard InChI is InChI=1S/C14H21NO4S/c1-10-7-12(19-4)8-11(2)13(10)20(17,18)15-6-5-14(3,16)9-15/h7-8,16H,5-6,9H2,1-4H3. The van der Waals surface area contributed by atoms with Crippen LogP contribution in [0.2, 0.25) is 0 Å². The number of hydrogen-bond donors (Lipinski definition) is 1. The van der Waals surface area contributed by atoms with Crippen molar-refractivity contribution in [2.75, 3.05) is 20.2 Å². The Kier molecular flexibility index (Phi) is 3.83. The molecule has 1 heterocycles. The molecule has 1 aliphatic heterocycles. The fourth-order valence-electron chi connectivity index (χ4n) is 2.67. The second kappa shape index (κ2) is 5.02. The van der Waals surface area contributed by atoms with E-state index in [1.165, 1.54) is 4.31 Å². The highest BCUT2D eigenvalue weighted by molar-refractivity contribution is 7.89. The first-order valence-electron chi connectivity index (χ1n) is 6.55. The molecule has 1 fully saturated rings. The molecule has 0 saturated carbocycles. The zero-order valence-electron chi connectivity index (χ0n) is 12.3. The van der Waals surface area contributed by atoms with Gasteiger partial charge in [-0.05, 0) is 50.5 Å². The molecule has 1 aromatic rings. The molecular weight excluding hydrogens is 278 g/mol. The van der Waals surface area contributed by atoms with E-state index in [9.17, 15) is 13.5 Å². The van der Waals surface area contributed by atoms with Gasteiger partial charge in [-0.3, -0.25) is 0 Å². The van der Waals surface area contributed by atoms with Crippen molar-refractivity contribution >= 4 is 10.0 Å². The maximum atomic E-state index is 12.7. The summed E-state index contributed by atoms with van der Waals surface area (Å²) in [6.45, 7) is 5.67. The minimum atomic E-state index is -3.58. The number of β-amino-alcohol motifs (C(OH)–C–C–N with tert-alkyl or cyclic N) is 1. The highest BCUT2D eigenvalue weighted by Crippen LogP contribution is 2.32. The van der Waals surface area contributed by atoms with E-state index in [1.807, 2.05) is 0 Å². The lowest BCUT2D eigenvalue weighted by atomic mass is 10.1. The van der Waals surface area contributed by atoms with Crippen molar-refractivity contribution in [3.63, 3.8) is 0 Å². The van der Waals surface area contributed by atoms with Gasteiger partial charge in [0.05, 0.1) is 17.6 Å². The van der Waals surface area contributed by atoms with Crippen molar-refractivity contribution in [3.8, 4) is 5.75 Å². The summed E-state index contributed by atoms with van der Waals surface area (Å²) >= 11 is 0. The molecule has 0 aromatic heterocycles. The maximum absolute atomic E-state index is 12.7. The number of methoxy groups -OCH3 is 1. The maximum Gasteiger partial charge on any atom is 0.243 e. The van der Waals surface area contributed by atoms with Crippen molar-refractivity contribution in [2.24, 2.45) is 0 Å². The first-order chi connectivity index (χ1) is 9.17. The Labute approximate surface area is 120 Å². The summed E-state index contributed by atoms with van der Waals surface area (Å²) in [6.07, 6.45) is 0.459. The Balaban J connectivity index is 2.46. The van der Waals surface area contributed by atoms with Crippen molar-refractivity contribution in [1.82, 2.24) is 4.31 Å². The average molecular weight is 299 g/mol. The Morgan fingerprint density at radius 1 is 1.30 bits per heavy atom. The van der Waals surface area contributed by atoms with E-state index < -0.39 is 15.6 Å². The number of ether oxygens (including phenoxy) is 1. The third-order valence-electron chi connectivity index (χ3n) is 3.68. The molecule has 20 heavy (non-hydrogen) atoms. The summed E-state index contributed by atoms with van der Waals surface area (Å²) in [5.41, 5.74) is 0.378. The van der Waals surface area contributed by atoms with Crippen LogP contribution in [0.25, 0.3) is 0 Å². The quantitative estimate of drug-likeness (QED) is 0.917. The number of hydrogen-bond acceptors (Lipinski definition) is 4. The lowest BCUT2D eigenvalue weighted by molar-refractivity contribution is 0.0762. The molecule has 112 valence electrons. The average Bonchev–Trinajstić information content (AvgIpc) is 2.69. The van der Waals surface area contributed by atoms with E-state index >= 15 is 0 Å². The Morgan fingerprint density at radius 2 is 1.85 bits per heavy atom. The summed E-state index contributed by atoms with van der Waals surface area (Å²) in [7, 11) is -2.02. The van der Waals surface area contributed by atoms with Crippen LogP contribution in [0.4, 0.5) is 0 Å². The molecule has 1 N–H and O–H groups in total. The van der Waals surface area contributed by atoms with E-state index in [0.29, 0.717) is 34.7 Å².